The summed E-state index contributed by atoms with van der Waals surface area (Å²) in [5, 5.41) is 4.35. The number of aromatic nitrogens is 3. The number of hydrogen-bond acceptors (Lipinski definition) is 4. The van der Waals surface area contributed by atoms with Crippen LogP contribution in [0.3, 0.4) is 0 Å². The Balaban J connectivity index is 1.49. The molecule has 0 radical (unpaired) electrons. The Bertz CT molecular complexity index is 1540. The monoisotopic (exact) mass is 445 g/mol. The fourth-order valence-corrected chi connectivity index (χ4v) is 4.47. The smallest absolute Gasteiger partial charge is 0.266 e. The summed E-state index contributed by atoms with van der Waals surface area (Å²) < 4.78 is 30.3. The molecule has 4 nitrogen and oxygen atoms in total. The van der Waals surface area contributed by atoms with Crippen LogP contribution >= 0.6 is 11.3 Å². The van der Waals surface area contributed by atoms with Crippen LogP contribution in [0.2, 0.25) is 0 Å². The number of thiazole rings is 1. The predicted molar refractivity (Wildman–Crippen MR) is 122 cm³/mol. The van der Waals surface area contributed by atoms with Gasteiger partial charge in [0.15, 0.2) is 5.82 Å². The summed E-state index contributed by atoms with van der Waals surface area (Å²) in [5.74, 6) is -0.605. The Morgan fingerprint density at radius 2 is 1.72 bits per heavy atom. The zero-order valence-corrected chi connectivity index (χ0v) is 17.8. The third kappa shape index (κ3) is 3.61. The molecule has 2 aromatic heterocycles. The molecule has 0 saturated heterocycles. The van der Waals surface area contributed by atoms with Crippen molar-refractivity contribution in [3.05, 3.63) is 116 Å². The van der Waals surface area contributed by atoms with Crippen LogP contribution in [-0.4, -0.2) is 14.6 Å². The lowest BCUT2D eigenvalue weighted by Gasteiger charge is -2.10. The van der Waals surface area contributed by atoms with E-state index in [9.17, 15) is 13.6 Å². The van der Waals surface area contributed by atoms with E-state index in [-0.39, 0.29) is 17.3 Å². The molecule has 0 unspecified atom stereocenters. The van der Waals surface area contributed by atoms with Gasteiger partial charge < -0.3 is 0 Å². The van der Waals surface area contributed by atoms with Crippen molar-refractivity contribution < 1.29 is 8.78 Å². The van der Waals surface area contributed by atoms with Gasteiger partial charge in [-0.1, -0.05) is 78.9 Å². The average molecular weight is 445 g/mol. The summed E-state index contributed by atoms with van der Waals surface area (Å²) in [7, 11) is 0. The SMILES string of the molecule is C[C@@H](c1ccc(-c2ccccc2)c(F)c1)c1nc2s/c(=C\c3ccccc3F)c(=O)n2n1. The molecule has 0 saturated carbocycles. The maximum absolute atomic E-state index is 14.8. The first-order valence-electron chi connectivity index (χ1n) is 10.0. The van der Waals surface area contributed by atoms with Crippen molar-refractivity contribution in [3.8, 4) is 11.1 Å². The van der Waals surface area contributed by atoms with Gasteiger partial charge in [-0.05, 0) is 29.3 Å². The van der Waals surface area contributed by atoms with Crippen molar-refractivity contribution in [1.29, 1.82) is 0 Å². The van der Waals surface area contributed by atoms with E-state index < -0.39 is 5.82 Å². The van der Waals surface area contributed by atoms with Crippen molar-refractivity contribution >= 4 is 22.4 Å². The van der Waals surface area contributed by atoms with Crippen LogP contribution in [0.25, 0.3) is 22.2 Å². The van der Waals surface area contributed by atoms with Crippen molar-refractivity contribution in [2.75, 3.05) is 0 Å². The van der Waals surface area contributed by atoms with Crippen molar-refractivity contribution in [1.82, 2.24) is 14.6 Å². The number of hydrogen-bond donors (Lipinski definition) is 0. The van der Waals surface area contributed by atoms with E-state index in [2.05, 4.69) is 10.1 Å². The van der Waals surface area contributed by atoms with Crippen LogP contribution in [0.5, 0.6) is 0 Å². The Labute approximate surface area is 186 Å². The first-order valence-corrected chi connectivity index (χ1v) is 10.8. The summed E-state index contributed by atoms with van der Waals surface area (Å²) in [6, 6.07) is 20.7. The number of benzene rings is 3. The zero-order chi connectivity index (χ0) is 22.2. The molecule has 3 aromatic carbocycles. The van der Waals surface area contributed by atoms with Gasteiger partial charge in [0.1, 0.15) is 11.6 Å². The first-order chi connectivity index (χ1) is 15.5. The molecular formula is C25H17F2N3OS. The van der Waals surface area contributed by atoms with E-state index in [0.29, 0.717) is 32.0 Å². The van der Waals surface area contributed by atoms with Gasteiger partial charge in [-0.15, -0.1) is 5.10 Å². The molecule has 1 atom stereocenters. The van der Waals surface area contributed by atoms with E-state index in [0.717, 1.165) is 16.9 Å². The highest BCUT2D eigenvalue weighted by Gasteiger charge is 2.19. The predicted octanol–water partition coefficient (Wildman–Crippen LogP) is 4.80. The van der Waals surface area contributed by atoms with E-state index >= 15 is 0 Å². The summed E-state index contributed by atoms with van der Waals surface area (Å²) in [6.45, 7) is 1.87. The Morgan fingerprint density at radius 1 is 0.969 bits per heavy atom. The van der Waals surface area contributed by atoms with Gasteiger partial charge >= 0.3 is 0 Å². The van der Waals surface area contributed by atoms with Gasteiger partial charge in [-0.3, -0.25) is 4.79 Å². The lowest BCUT2D eigenvalue weighted by Crippen LogP contribution is -2.24. The fraction of sp³-hybridized carbons (Fsp3) is 0.0800. The molecule has 2 heterocycles. The van der Waals surface area contributed by atoms with E-state index in [1.54, 1.807) is 24.3 Å². The van der Waals surface area contributed by atoms with E-state index in [4.69, 9.17) is 0 Å². The third-order valence-corrected chi connectivity index (χ3v) is 6.31. The largest absolute Gasteiger partial charge is 0.291 e. The second kappa shape index (κ2) is 8.09. The van der Waals surface area contributed by atoms with Gasteiger partial charge in [0.05, 0.1) is 4.53 Å². The molecule has 0 bridgehead atoms. The number of halogens is 2. The maximum atomic E-state index is 14.8. The highest BCUT2D eigenvalue weighted by Crippen LogP contribution is 2.28. The lowest BCUT2D eigenvalue weighted by molar-refractivity contribution is 0.625. The minimum atomic E-state index is -0.402. The lowest BCUT2D eigenvalue weighted by atomic mass is 9.96. The molecular weight excluding hydrogens is 428 g/mol. The summed E-state index contributed by atoms with van der Waals surface area (Å²) in [4.78, 5) is 17.6. The first kappa shape index (κ1) is 20.2. The van der Waals surface area contributed by atoms with Crippen molar-refractivity contribution in [2.24, 2.45) is 0 Å². The molecule has 0 fully saturated rings. The van der Waals surface area contributed by atoms with Crippen LogP contribution in [0.1, 0.15) is 29.8 Å². The quantitative estimate of drug-likeness (QED) is 0.399. The van der Waals surface area contributed by atoms with Crippen LogP contribution < -0.4 is 10.1 Å². The molecule has 0 spiro atoms. The summed E-state index contributed by atoms with van der Waals surface area (Å²) in [6.07, 6.45) is 1.50. The molecule has 5 aromatic rings. The molecule has 158 valence electrons. The molecule has 32 heavy (non-hydrogen) atoms. The summed E-state index contributed by atoms with van der Waals surface area (Å²) >= 11 is 1.14. The van der Waals surface area contributed by atoms with E-state index in [1.807, 2.05) is 43.3 Å². The highest BCUT2D eigenvalue weighted by atomic mass is 32.1. The van der Waals surface area contributed by atoms with Crippen molar-refractivity contribution in [3.63, 3.8) is 0 Å². The van der Waals surface area contributed by atoms with Crippen LogP contribution in [0.15, 0.2) is 77.6 Å². The molecule has 7 heteroatoms. The molecule has 0 aliphatic carbocycles. The molecule has 0 aliphatic rings. The van der Waals surface area contributed by atoms with Crippen LogP contribution in [0, 0.1) is 11.6 Å². The average Bonchev–Trinajstić information content (AvgIpc) is 3.34. The Morgan fingerprint density at radius 3 is 2.44 bits per heavy atom. The molecule has 5 rings (SSSR count). The highest BCUT2D eigenvalue weighted by molar-refractivity contribution is 7.15. The molecule has 0 N–H and O–H groups in total. The van der Waals surface area contributed by atoms with Gasteiger partial charge in [0.25, 0.3) is 5.56 Å². The number of nitrogens with zero attached hydrogens (tertiary/aromatic N) is 3. The number of fused-ring (bicyclic) bond motifs is 1. The van der Waals surface area contributed by atoms with Crippen LogP contribution in [-0.2, 0) is 0 Å². The Hall–Kier alpha value is -3.71. The van der Waals surface area contributed by atoms with E-state index in [1.165, 1.54) is 22.7 Å². The van der Waals surface area contributed by atoms with Gasteiger partial charge in [0, 0.05) is 17.0 Å². The summed E-state index contributed by atoms with van der Waals surface area (Å²) in [5.41, 5.74) is 2.02. The number of rotatable bonds is 4. The zero-order valence-electron chi connectivity index (χ0n) is 17.0. The molecule has 0 amide bonds. The van der Waals surface area contributed by atoms with Crippen molar-refractivity contribution in [2.45, 2.75) is 12.8 Å². The minimum absolute atomic E-state index is 0.306. The second-order valence-electron chi connectivity index (χ2n) is 7.43. The minimum Gasteiger partial charge on any atom is -0.266 e. The maximum Gasteiger partial charge on any atom is 0.291 e. The second-order valence-corrected chi connectivity index (χ2v) is 8.44. The molecule has 0 aliphatic heterocycles. The fourth-order valence-electron chi connectivity index (χ4n) is 3.57. The normalized spacial score (nSPS) is 13.0. The van der Waals surface area contributed by atoms with Crippen LogP contribution in [0.4, 0.5) is 8.78 Å². The van der Waals surface area contributed by atoms with Gasteiger partial charge in [-0.25, -0.2) is 13.8 Å². The topological polar surface area (TPSA) is 47.3 Å². The van der Waals surface area contributed by atoms with Gasteiger partial charge in [0.2, 0.25) is 4.96 Å². The Kier molecular flexibility index (Phi) is 5.11. The standard InChI is InChI=1S/C25H17F2N3OS/c1-15(17-11-12-19(21(27)13-17)16-7-3-2-4-8-16)23-28-25-30(29-23)24(31)22(32-25)14-18-9-5-6-10-20(18)26/h2-15H,1H3/b22-14-/t15-/m0/s1. The van der Waals surface area contributed by atoms with Gasteiger partial charge in [-0.2, -0.15) is 4.52 Å². The third-order valence-electron chi connectivity index (χ3n) is 5.36.